The highest BCUT2D eigenvalue weighted by atomic mass is 32.2. The van der Waals surface area contributed by atoms with E-state index in [0.717, 1.165) is 19.3 Å². The molecule has 6 heteroatoms. The van der Waals surface area contributed by atoms with E-state index in [-0.39, 0.29) is 5.75 Å². The molecule has 0 saturated carbocycles. The number of nitrogens with one attached hydrogen (secondary N) is 1. The van der Waals surface area contributed by atoms with Gasteiger partial charge in [0.25, 0.3) is 0 Å². The minimum absolute atomic E-state index is 0.0452. The maximum atomic E-state index is 12.0. The number of benzene rings is 1. The molecule has 94 valence electrons. The van der Waals surface area contributed by atoms with Crippen molar-refractivity contribution in [2.75, 3.05) is 17.8 Å². The van der Waals surface area contributed by atoms with Gasteiger partial charge >= 0.3 is 10.2 Å². The van der Waals surface area contributed by atoms with E-state index in [1.165, 1.54) is 16.4 Å². The van der Waals surface area contributed by atoms with Crippen LogP contribution >= 0.6 is 0 Å². The number of aromatic hydroxyl groups is 1. The van der Waals surface area contributed by atoms with E-state index < -0.39 is 10.2 Å². The third-order valence-electron chi connectivity index (χ3n) is 2.75. The summed E-state index contributed by atoms with van der Waals surface area (Å²) in [7, 11) is -3.48. The molecule has 0 spiro atoms. The van der Waals surface area contributed by atoms with Crippen molar-refractivity contribution < 1.29 is 13.5 Å². The highest BCUT2D eigenvalue weighted by molar-refractivity contribution is 7.90. The number of hydrogen-bond donors (Lipinski definition) is 2. The second-order valence-electron chi connectivity index (χ2n) is 4.12. The van der Waals surface area contributed by atoms with Crippen molar-refractivity contribution in [3.63, 3.8) is 0 Å². The predicted octanol–water partition coefficient (Wildman–Crippen LogP) is 1.53. The number of phenols is 1. The van der Waals surface area contributed by atoms with Crippen LogP contribution in [0.4, 0.5) is 5.69 Å². The average Bonchev–Trinajstić information content (AvgIpc) is 2.29. The number of piperidine rings is 1. The van der Waals surface area contributed by atoms with Gasteiger partial charge in [0.1, 0.15) is 5.75 Å². The predicted molar refractivity (Wildman–Crippen MR) is 66.1 cm³/mol. The van der Waals surface area contributed by atoms with Gasteiger partial charge in [0.05, 0.1) is 5.69 Å². The van der Waals surface area contributed by atoms with Crippen LogP contribution in [0.1, 0.15) is 19.3 Å². The van der Waals surface area contributed by atoms with E-state index in [1.54, 1.807) is 12.1 Å². The van der Waals surface area contributed by atoms with Gasteiger partial charge in [-0.25, -0.2) is 0 Å². The van der Waals surface area contributed by atoms with Crippen LogP contribution in [0.15, 0.2) is 24.3 Å². The maximum absolute atomic E-state index is 12.0. The van der Waals surface area contributed by atoms with Crippen LogP contribution in [0.25, 0.3) is 0 Å². The summed E-state index contributed by atoms with van der Waals surface area (Å²) in [5.74, 6) is 0.0452. The highest BCUT2D eigenvalue weighted by Gasteiger charge is 2.23. The first-order valence-electron chi connectivity index (χ1n) is 5.65. The second kappa shape index (κ2) is 4.93. The van der Waals surface area contributed by atoms with Gasteiger partial charge < -0.3 is 5.11 Å². The number of nitrogens with zero attached hydrogens (tertiary/aromatic N) is 1. The molecule has 1 heterocycles. The van der Waals surface area contributed by atoms with Crippen molar-refractivity contribution in [1.29, 1.82) is 0 Å². The molecule has 0 aliphatic carbocycles. The van der Waals surface area contributed by atoms with Gasteiger partial charge in [-0.3, -0.25) is 4.72 Å². The Bertz CT molecular complexity index is 481. The van der Waals surface area contributed by atoms with E-state index >= 15 is 0 Å². The van der Waals surface area contributed by atoms with Crippen molar-refractivity contribution >= 4 is 15.9 Å². The summed E-state index contributed by atoms with van der Waals surface area (Å²) in [4.78, 5) is 0. The molecule has 0 amide bonds. The molecule has 1 aliphatic heterocycles. The van der Waals surface area contributed by atoms with Crippen LogP contribution in [-0.4, -0.2) is 30.9 Å². The molecule has 0 radical (unpaired) electrons. The summed E-state index contributed by atoms with van der Waals surface area (Å²) in [6, 6.07) is 6.10. The first kappa shape index (κ1) is 12.2. The minimum Gasteiger partial charge on any atom is -0.508 e. The molecule has 1 saturated heterocycles. The Kier molecular flexibility index (Phi) is 3.54. The summed E-state index contributed by atoms with van der Waals surface area (Å²) < 4.78 is 27.9. The molecular weight excluding hydrogens is 240 g/mol. The molecule has 1 fully saturated rings. The lowest BCUT2D eigenvalue weighted by Gasteiger charge is -2.26. The van der Waals surface area contributed by atoms with Crippen LogP contribution in [0.5, 0.6) is 5.75 Å². The molecule has 2 rings (SSSR count). The lowest BCUT2D eigenvalue weighted by molar-refractivity contribution is 0.349. The molecule has 17 heavy (non-hydrogen) atoms. The Morgan fingerprint density at radius 1 is 1.18 bits per heavy atom. The van der Waals surface area contributed by atoms with Gasteiger partial charge in [0.15, 0.2) is 0 Å². The molecule has 0 bridgehead atoms. The van der Waals surface area contributed by atoms with Gasteiger partial charge in [0, 0.05) is 19.2 Å². The summed E-state index contributed by atoms with van der Waals surface area (Å²) in [5, 5.41) is 9.27. The lowest BCUT2D eigenvalue weighted by atomic mass is 10.2. The molecule has 0 aromatic heterocycles. The largest absolute Gasteiger partial charge is 0.508 e. The zero-order valence-corrected chi connectivity index (χ0v) is 10.3. The first-order chi connectivity index (χ1) is 8.08. The fourth-order valence-electron chi connectivity index (χ4n) is 1.89. The number of hydrogen-bond acceptors (Lipinski definition) is 3. The smallest absolute Gasteiger partial charge is 0.301 e. The lowest BCUT2D eigenvalue weighted by Crippen LogP contribution is -2.39. The van der Waals surface area contributed by atoms with Gasteiger partial charge in [-0.15, -0.1) is 0 Å². The Morgan fingerprint density at radius 2 is 1.88 bits per heavy atom. The van der Waals surface area contributed by atoms with Crippen LogP contribution < -0.4 is 4.72 Å². The molecule has 1 aromatic carbocycles. The molecular formula is C11H16N2O3S. The quantitative estimate of drug-likeness (QED) is 0.861. The Morgan fingerprint density at radius 3 is 2.53 bits per heavy atom. The molecule has 0 unspecified atom stereocenters. The second-order valence-corrected chi connectivity index (χ2v) is 5.79. The highest BCUT2D eigenvalue weighted by Crippen LogP contribution is 2.19. The van der Waals surface area contributed by atoms with Crippen molar-refractivity contribution in [2.24, 2.45) is 0 Å². The summed E-state index contributed by atoms with van der Waals surface area (Å²) in [5.41, 5.74) is 0.385. The monoisotopic (exact) mass is 256 g/mol. The SMILES string of the molecule is O=S(=O)(Nc1cccc(O)c1)N1CCCCC1. The Balaban J connectivity index is 2.11. The molecule has 0 atom stereocenters. The van der Waals surface area contributed by atoms with Crippen molar-refractivity contribution in [2.45, 2.75) is 19.3 Å². The zero-order valence-electron chi connectivity index (χ0n) is 9.46. The summed E-state index contributed by atoms with van der Waals surface area (Å²) >= 11 is 0. The minimum atomic E-state index is -3.48. The number of anilines is 1. The normalized spacial score (nSPS) is 17.9. The van der Waals surface area contributed by atoms with Gasteiger partial charge in [0.2, 0.25) is 0 Å². The van der Waals surface area contributed by atoms with Crippen LogP contribution in [-0.2, 0) is 10.2 Å². The molecule has 1 aliphatic rings. The van der Waals surface area contributed by atoms with Crippen molar-refractivity contribution in [3.05, 3.63) is 24.3 Å². The van der Waals surface area contributed by atoms with E-state index in [2.05, 4.69) is 4.72 Å². The third kappa shape index (κ3) is 3.10. The average molecular weight is 256 g/mol. The molecule has 5 nitrogen and oxygen atoms in total. The number of rotatable bonds is 3. The van der Waals surface area contributed by atoms with Crippen LogP contribution in [0, 0.1) is 0 Å². The van der Waals surface area contributed by atoms with E-state index in [4.69, 9.17) is 0 Å². The molecule has 1 aromatic rings. The molecule has 2 N–H and O–H groups in total. The van der Waals surface area contributed by atoms with E-state index in [0.29, 0.717) is 18.8 Å². The van der Waals surface area contributed by atoms with Crippen LogP contribution in [0.3, 0.4) is 0 Å². The Labute approximate surface area is 101 Å². The maximum Gasteiger partial charge on any atom is 0.301 e. The zero-order chi connectivity index (χ0) is 12.3. The van der Waals surface area contributed by atoms with E-state index in [9.17, 15) is 13.5 Å². The van der Waals surface area contributed by atoms with Crippen molar-refractivity contribution in [1.82, 2.24) is 4.31 Å². The summed E-state index contributed by atoms with van der Waals surface area (Å²) in [6.07, 6.45) is 2.89. The standard InChI is InChI=1S/C11H16N2O3S/c14-11-6-4-5-10(9-11)12-17(15,16)13-7-2-1-3-8-13/h4-6,9,12,14H,1-3,7-8H2. The summed E-state index contributed by atoms with van der Waals surface area (Å²) in [6.45, 7) is 1.13. The third-order valence-corrected chi connectivity index (χ3v) is 4.29. The van der Waals surface area contributed by atoms with Gasteiger partial charge in [-0.1, -0.05) is 12.5 Å². The van der Waals surface area contributed by atoms with Gasteiger partial charge in [-0.05, 0) is 25.0 Å². The fourth-order valence-corrected chi connectivity index (χ4v) is 3.18. The number of phenolic OH excluding ortho intramolecular Hbond substituents is 1. The van der Waals surface area contributed by atoms with E-state index in [1.807, 2.05) is 0 Å². The van der Waals surface area contributed by atoms with Crippen LogP contribution in [0.2, 0.25) is 0 Å². The fraction of sp³-hybridized carbons (Fsp3) is 0.455. The Hall–Kier alpha value is -1.27. The first-order valence-corrected chi connectivity index (χ1v) is 7.09. The van der Waals surface area contributed by atoms with Gasteiger partial charge in [-0.2, -0.15) is 12.7 Å². The van der Waals surface area contributed by atoms with Crippen molar-refractivity contribution in [3.8, 4) is 5.75 Å². The topological polar surface area (TPSA) is 69.6 Å².